The van der Waals surface area contributed by atoms with Crippen LogP contribution in [0.5, 0.6) is 0 Å². The summed E-state index contributed by atoms with van der Waals surface area (Å²) in [7, 11) is 0. The maximum Gasteiger partial charge on any atom is 0.426 e. The molecule has 2 N–H and O–H groups in total. The van der Waals surface area contributed by atoms with E-state index in [4.69, 9.17) is 11.6 Å². The second kappa shape index (κ2) is 11.7. The Bertz CT molecular complexity index is 1350. The second-order valence-corrected chi connectivity index (χ2v) is 10.2. The van der Waals surface area contributed by atoms with Gasteiger partial charge in [0.25, 0.3) is 11.8 Å². The van der Waals surface area contributed by atoms with Gasteiger partial charge in [0, 0.05) is 33.8 Å². The second-order valence-electron chi connectivity index (χ2n) is 7.27. The van der Waals surface area contributed by atoms with Crippen molar-refractivity contribution < 1.29 is 19.5 Å². The lowest BCUT2D eigenvalue weighted by Gasteiger charge is -2.31. The highest BCUT2D eigenvalue weighted by molar-refractivity contribution is 9.11. The Kier molecular flexibility index (Phi) is 9.14. The first-order valence-corrected chi connectivity index (χ1v) is 13.3. The van der Waals surface area contributed by atoms with Gasteiger partial charge in [0.2, 0.25) is 0 Å². The number of rotatable bonds is 6. The van der Waals surface area contributed by atoms with Crippen LogP contribution < -0.4 is 5.32 Å². The lowest BCUT2D eigenvalue weighted by Crippen LogP contribution is -2.49. The predicted molar refractivity (Wildman–Crippen MR) is 146 cm³/mol. The number of carbonyl (C=O) groups excluding carboxylic acids is 2. The summed E-state index contributed by atoms with van der Waals surface area (Å²) >= 11 is 16.4. The number of halogens is 4. The SMILES string of the molecule is CCN(C(=O)O)N(CC)C(=O)c1cc(Br)cc(Br)c1NC(=O)c1c(C)c(Br)nn1-c1ncccc1Cl. The molecule has 2 aromatic heterocycles. The summed E-state index contributed by atoms with van der Waals surface area (Å²) in [5.41, 5.74) is 0.894. The average molecular weight is 708 g/mol. The summed E-state index contributed by atoms with van der Waals surface area (Å²) in [6.07, 6.45) is 0.251. The third-order valence-corrected chi connectivity index (χ3v) is 7.22. The number of anilines is 1. The fraction of sp³-hybridized carbons (Fsp3) is 0.227. The van der Waals surface area contributed by atoms with E-state index in [0.29, 0.717) is 19.1 Å². The fourth-order valence-electron chi connectivity index (χ4n) is 3.44. The number of hydrazine groups is 1. The zero-order chi connectivity index (χ0) is 26.7. The minimum absolute atomic E-state index is 0.0586. The van der Waals surface area contributed by atoms with Crippen molar-refractivity contribution in [2.24, 2.45) is 0 Å². The van der Waals surface area contributed by atoms with E-state index in [-0.39, 0.29) is 40.9 Å². The lowest BCUT2D eigenvalue weighted by atomic mass is 10.1. The van der Waals surface area contributed by atoms with Crippen molar-refractivity contribution in [1.29, 1.82) is 0 Å². The van der Waals surface area contributed by atoms with Gasteiger partial charge >= 0.3 is 6.09 Å². The lowest BCUT2D eigenvalue weighted by molar-refractivity contribution is 0.00372. The summed E-state index contributed by atoms with van der Waals surface area (Å²) in [6.45, 7) is 5.13. The maximum absolute atomic E-state index is 13.6. The molecule has 3 aromatic rings. The number of carbonyl (C=O) groups is 3. The van der Waals surface area contributed by atoms with Gasteiger partial charge in [0.05, 0.1) is 16.3 Å². The molecule has 0 spiro atoms. The van der Waals surface area contributed by atoms with Gasteiger partial charge in [-0.25, -0.2) is 24.5 Å². The number of nitrogens with zero attached hydrogens (tertiary/aromatic N) is 5. The number of nitrogens with one attached hydrogen (secondary N) is 1. The molecule has 0 aliphatic carbocycles. The fourth-order valence-corrected chi connectivity index (χ4v) is 5.31. The van der Waals surface area contributed by atoms with Crippen molar-refractivity contribution in [3.8, 4) is 5.82 Å². The van der Waals surface area contributed by atoms with Gasteiger partial charge in [-0.1, -0.05) is 27.5 Å². The molecule has 0 saturated carbocycles. The van der Waals surface area contributed by atoms with Crippen LogP contribution in [0.2, 0.25) is 5.02 Å². The van der Waals surface area contributed by atoms with Crippen molar-refractivity contribution in [2.75, 3.05) is 18.4 Å². The van der Waals surface area contributed by atoms with Crippen molar-refractivity contribution in [3.63, 3.8) is 0 Å². The molecule has 0 atom stereocenters. The molecule has 14 heteroatoms. The van der Waals surface area contributed by atoms with E-state index >= 15 is 0 Å². The third-order valence-electron chi connectivity index (χ3n) is 5.09. The highest BCUT2D eigenvalue weighted by atomic mass is 79.9. The van der Waals surface area contributed by atoms with Crippen LogP contribution in [0.3, 0.4) is 0 Å². The van der Waals surface area contributed by atoms with Crippen LogP contribution >= 0.6 is 59.4 Å². The molecule has 10 nitrogen and oxygen atoms in total. The van der Waals surface area contributed by atoms with Crippen LogP contribution in [0.25, 0.3) is 5.82 Å². The number of benzene rings is 1. The van der Waals surface area contributed by atoms with Crippen LogP contribution in [0.4, 0.5) is 10.5 Å². The molecule has 0 unspecified atom stereocenters. The van der Waals surface area contributed by atoms with Gasteiger partial charge in [-0.15, -0.1) is 0 Å². The van der Waals surface area contributed by atoms with Crippen molar-refractivity contribution in [1.82, 2.24) is 24.8 Å². The van der Waals surface area contributed by atoms with Crippen LogP contribution in [0.1, 0.15) is 40.3 Å². The van der Waals surface area contributed by atoms with E-state index in [0.717, 1.165) is 10.0 Å². The van der Waals surface area contributed by atoms with Gasteiger partial charge in [0.1, 0.15) is 10.3 Å². The summed E-state index contributed by atoms with van der Waals surface area (Å²) in [5, 5.41) is 19.0. The minimum atomic E-state index is -1.27. The molecule has 1 aromatic carbocycles. The van der Waals surface area contributed by atoms with Gasteiger partial charge in [-0.2, -0.15) is 5.10 Å². The predicted octanol–water partition coefficient (Wildman–Crippen LogP) is 6.15. The van der Waals surface area contributed by atoms with E-state index in [2.05, 4.69) is 63.2 Å². The first-order valence-electron chi connectivity index (χ1n) is 10.5. The Morgan fingerprint density at radius 2 is 1.81 bits per heavy atom. The number of pyridine rings is 1. The molecule has 0 radical (unpaired) electrons. The first-order chi connectivity index (χ1) is 17.0. The molecule has 2 heterocycles. The standard InChI is InChI=1S/C22H20Br3ClN6O4/c1-4-30(31(5-2)22(35)36)21(34)13-9-12(23)10-14(24)16(13)28-20(33)17-11(3)18(25)29-32(17)19-15(26)7-6-8-27-19/h6-10H,4-5H2,1-3H3,(H,28,33)(H,35,36). The summed E-state index contributed by atoms with van der Waals surface area (Å²) in [6, 6.07) is 6.45. The van der Waals surface area contributed by atoms with Crippen molar-refractivity contribution in [2.45, 2.75) is 20.8 Å². The Balaban J connectivity index is 2.10. The highest BCUT2D eigenvalue weighted by Gasteiger charge is 2.29. The van der Waals surface area contributed by atoms with E-state index in [1.165, 1.54) is 16.9 Å². The molecule has 36 heavy (non-hydrogen) atoms. The Morgan fingerprint density at radius 3 is 2.39 bits per heavy atom. The zero-order valence-corrected chi connectivity index (χ0v) is 24.7. The molecule has 190 valence electrons. The average Bonchev–Trinajstić information content (AvgIpc) is 3.12. The van der Waals surface area contributed by atoms with Gasteiger partial charge < -0.3 is 10.4 Å². The molecule has 0 aliphatic heterocycles. The van der Waals surface area contributed by atoms with Crippen LogP contribution in [0, 0.1) is 6.92 Å². The summed E-state index contributed by atoms with van der Waals surface area (Å²) in [4.78, 5) is 43.0. The van der Waals surface area contributed by atoms with Crippen molar-refractivity contribution in [3.05, 3.63) is 65.9 Å². The van der Waals surface area contributed by atoms with Gasteiger partial charge in [0.15, 0.2) is 5.82 Å². The molecular weight excluding hydrogens is 687 g/mol. The largest absolute Gasteiger partial charge is 0.464 e. The van der Waals surface area contributed by atoms with E-state index in [9.17, 15) is 19.5 Å². The number of amides is 3. The summed E-state index contributed by atoms with van der Waals surface area (Å²) < 4.78 is 2.68. The van der Waals surface area contributed by atoms with E-state index in [1.54, 1.807) is 39.0 Å². The summed E-state index contributed by atoms with van der Waals surface area (Å²) in [5.74, 6) is -0.946. The van der Waals surface area contributed by atoms with E-state index in [1.807, 2.05) is 0 Å². The Hall–Kier alpha value is -2.48. The molecule has 3 amide bonds. The van der Waals surface area contributed by atoms with Crippen molar-refractivity contribution >= 4 is 83.0 Å². The molecule has 0 bridgehead atoms. The quantitative estimate of drug-likeness (QED) is 0.297. The van der Waals surface area contributed by atoms with E-state index < -0.39 is 17.9 Å². The maximum atomic E-state index is 13.6. The monoisotopic (exact) mass is 704 g/mol. The van der Waals surface area contributed by atoms with Crippen LogP contribution in [0.15, 0.2) is 44.0 Å². The molecule has 0 saturated heterocycles. The minimum Gasteiger partial charge on any atom is -0.464 e. The number of aromatic nitrogens is 3. The normalized spacial score (nSPS) is 10.8. The smallest absolute Gasteiger partial charge is 0.426 e. The first kappa shape index (κ1) is 28.1. The number of hydrogen-bond acceptors (Lipinski definition) is 5. The molecule has 0 aliphatic rings. The Labute approximate surface area is 237 Å². The molecule has 3 rings (SSSR count). The topological polar surface area (TPSA) is 121 Å². The Morgan fingerprint density at radius 1 is 1.14 bits per heavy atom. The third kappa shape index (κ3) is 5.58. The number of hydrogen-bond donors (Lipinski definition) is 2. The number of carboxylic acid groups (broad SMARTS) is 1. The van der Waals surface area contributed by atoms with Gasteiger partial charge in [-0.3, -0.25) is 9.59 Å². The molecule has 0 fully saturated rings. The van der Waals surface area contributed by atoms with Gasteiger partial charge in [-0.05, 0) is 76.9 Å². The zero-order valence-electron chi connectivity index (χ0n) is 19.2. The van der Waals surface area contributed by atoms with Crippen LogP contribution in [-0.2, 0) is 0 Å². The van der Waals surface area contributed by atoms with Crippen LogP contribution in [-0.4, -0.2) is 60.9 Å². The highest BCUT2D eigenvalue weighted by Crippen LogP contribution is 2.33. The molecular formula is C22H20Br3ClN6O4.